The normalized spacial score (nSPS) is 38.0. The first kappa shape index (κ1) is 25.2. The molecule has 6 atom stereocenters. The van der Waals surface area contributed by atoms with Crippen LogP contribution in [0.2, 0.25) is 0 Å². The monoisotopic (exact) mass is 440 g/mol. The Kier molecular flexibility index (Phi) is 7.74. The average Bonchev–Trinajstić information content (AvgIpc) is 3.04. The molecule has 0 aromatic rings. The minimum absolute atomic E-state index is 0.308. The third-order valence-corrected chi connectivity index (χ3v) is 8.18. The van der Waals surface area contributed by atoms with Gasteiger partial charge < -0.3 is 15.3 Å². The number of allylic oxidation sites excluding steroid dienone is 6. The highest BCUT2D eigenvalue weighted by atomic mass is 16.3. The molecular weight excluding hydrogens is 396 g/mol. The van der Waals surface area contributed by atoms with E-state index in [-0.39, 0.29) is 0 Å². The maximum absolute atomic E-state index is 10.1. The molecule has 3 aliphatic rings. The van der Waals surface area contributed by atoms with Gasteiger partial charge in [-0.25, -0.2) is 0 Å². The highest BCUT2D eigenvalue weighted by molar-refractivity contribution is 5.38. The van der Waals surface area contributed by atoms with Gasteiger partial charge in [0.1, 0.15) is 0 Å². The van der Waals surface area contributed by atoms with Crippen LogP contribution in [0, 0.1) is 23.2 Å². The SMILES string of the molecule is C=C1/C(=C\C=C2/CCC[C@@]3(C)C2CCC3C(C)/C=C/C(C)=C/C(C)(C)O)C[C@@H](O)C[C@@H]1O. The van der Waals surface area contributed by atoms with Crippen molar-refractivity contribution in [2.24, 2.45) is 23.2 Å². The van der Waals surface area contributed by atoms with E-state index in [1.54, 1.807) is 0 Å². The molecule has 0 saturated heterocycles. The third-order valence-electron chi connectivity index (χ3n) is 8.18. The zero-order valence-corrected chi connectivity index (χ0v) is 20.8. The third kappa shape index (κ3) is 5.73. The van der Waals surface area contributed by atoms with E-state index in [1.165, 1.54) is 31.3 Å². The Bertz CT molecular complexity index is 822. The van der Waals surface area contributed by atoms with Gasteiger partial charge in [0.25, 0.3) is 0 Å². The summed E-state index contributed by atoms with van der Waals surface area (Å²) in [6, 6.07) is 0. The molecule has 0 radical (unpaired) electrons. The Balaban J connectivity index is 1.76. The Morgan fingerprint density at radius 2 is 1.94 bits per heavy atom. The van der Waals surface area contributed by atoms with Crippen LogP contribution in [0.1, 0.15) is 79.6 Å². The highest BCUT2D eigenvalue weighted by Crippen LogP contribution is 2.59. The maximum atomic E-state index is 10.1. The molecule has 0 amide bonds. The van der Waals surface area contributed by atoms with Crippen LogP contribution in [0.5, 0.6) is 0 Å². The Morgan fingerprint density at radius 3 is 2.62 bits per heavy atom. The molecule has 178 valence electrons. The summed E-state index contributed by atoms with van der Waals surface area (Å²) in [5.74, 6) is 1.76. The van der Waals surface area contributed by atoms with E-state index in [0.717, 1.165) is 23.1 Å². The maximum Gasteiger partial charge on any atom is 0.0811 e. The van der Waals surface area contributed by atoms with Crippen LogP contribution < -0.4 is 0 Å². The van der Waals surface area contributed by atoms with Crippen LogP contribution in [0.4, 0.5) is 0 Å². The van der Waals surface area contributed by atoms with Crippen molar-refractivity contribution >= 4 is 0 Å². The van der Waals surface area contributed by atoms with Crippen LogP contribution >= 0.6 is 0 Å². The van der Waals surface area contributed by atoms with Gasteiger partial charge in [0, 0.05) is 6.42 Å². The van der Waals surface area contributed by atoms with Crippen LogP contribution in [0.15, 0.2) is 59.3 Å². The van der Waals surface area contributed by atoms with E-state index < -0.39 is 17.8 Å². The molecule has 3 heteroatoms. The minimum Gasteiger partial charge on any atom is -0.393 e. The lowest BCUT2D eigenvalue weighted by molar-refractivity contribution is 0.0862. The van der Waals surface area contributed by atoms with Gasteiger partial charge in [-0.2, -0.15) is 0 Å². The molecule has 3 unspecified atom stereocenters. The van der Waals surface area contributed by atoms with Crippen molar-refractivity contribution in [1.29, 1.82) is 0 Å². The second kappa shape index (κ2) is 9.83. The van der Waals surface area contributed by atoms with E-state index >= 15 is 0 Å². The molecule has 32 heavy (non-hydrogen) atoms. The first-order valence-electron chi connectivity index (χ1n) is 12.5. The van der Waals surface area contributed by atoms with Crippen molar-refractivity contribution in [3.05, 3.63) is 59.3 Å². The summed E-state index contributed by atoms with van der Waals surface area (Å²) in [7, 11) is 0. The Hall–Kier alpha value is -1.42. The zero-order valence-electron chi connectivity index (χ0n) is 20.8. The topological polar surface area (TPSA) is 60.7 Å². The van der Waals surface area contributed by atoms with Crippen LogP contribution in [-0.4, -0.2) is 33.1 Å². The smallest absolute Gasteiger partial charge is 0.0811 e. The van der Waals surface area contributed by atoms with Crippen molar-refractivity contribution in [2.45, 2.75) is 97.4 Å². The number of aliphatic hydroxyl groups is 3. The molecule has 0 aromatic heterocycles. The summed E-state index contributed by atoms with van der Waals surface area (Å²) in [5.41, 5.74) is 3.93. The van der Waals surface area contributed by atoms with E-state index in [1.807, 2.05) is 19.9 Å². The van der Waals surface area contributed by atoms with E-state index in [0.29, 0.717) is 36.0 Å². The quantitative estimate of drug-likeness (QED) is 0.457. The van der Waals surface area contributed by atoms with Gasteiger partial charge in [0.15, 0.2) is 0 Å². The summed E-state index contributed by atoms with van der Waals surface area (Å²) >= 11 is 0. The van der Waals surface area contributed by atoms with Crippen LogP contribution in [0.25, 0.3) is 0 Å². The molecule has 0 bridgehead atoms. The van der Waals surface area contributed by atoms with Gasteiger partial charge in [-0.1, -0.05) is 62.0 Å². The fraction of sp³-hybridized carbons (Fsp3) is 0.655. The second-order valence-corrected chi connectivity index (χ2v) is 11.4. The van der Waals surface area contributed by atoms with Gasteiger partial charge >= 0.3 is 0 Å². The van der Waals surface area contributed by atoms with E-state index in [4.69, 9.17) is 0 Å². The van der Waals surface area contributed by atoms with Crippen molar-refractivity contribution in [1.82, 2.24) is 0 Å². The van der Waals surface area contributed by atoms with Gasteiger partial charge in [-0.3, -0.25) is 0 Å². The average molecular weight is 441 g/mol. The predicted molar refractivity (Wildman–Crippen MR) is 133 cm³/mol. The molecule has 3 aliphatic carbocycles. The number of hydrogen-bond donors (Lipinski definition) is 3. The van der Waals surface area contributed by atoms with Crippen molar-refractivity contribution < 1.29 is 15.3 Å². The lowest BCUT2D eigenvalue weighted by Crippen LogP contribution is -2.35. The first-order chi connectivity index (χ1) is 14.9. The molecule has 3 fully saturated rings. The molecule has 0 aromatic carbocycles. The van der Waals surface area contributed by atoms with Gasteiger partial charge in [0.2, 0.25) is 0 Å². The number of hydrogen-bond acceptors (Lipinski definition) is 3. The summed E-state index contributed by atoms with van der Waals surface area (Å²) < 4.78 is 0. The molecule has 0 spiro atoms. The lowest BCUT2D eigenvalue weighted by Gasteiger charge is -2.44. The predicted octanol–water partition coefficient (Wildman–Crippen LogP) is 6.04. The molecule has 3 rings (SSSR count). The van der Waals surface area contributed by atoms with Crippen LogP contribution in [-0.2, 0) is 0 Å². The molecule has 0 aliphatic heterocycles. The molecule has 0 heterocycles. The van der Waals surface area contributed by atoms with Gasteiger partial charge in [-0.05, 0) is 93.6 Å². The Morgan fingerprint density at radius 1 is 1.22 bits per heavy atom. The molecule has 3 saturated carbocycles. The van der Waals surface area contributed by atoms with E-state index in [2.05, 4.69) is 51.7 Å². The number of rotatable bonds is 5. The fourth-order valence-electron chi connectivity index (χ4n) is 6.65. The van der Waals surface area contributed by atoms with Gasteiger partial charge in [0.05, 0.1) is 17.8 Å². The summed E-state index contributed by atoms with van der Waals surface area (Å²) in [6.45, 7) is 14.6. The summed E-state index contributed by atoms with van der Waals surface area (Å²) in [6.07, 6.45) is 16.8. The highest BCUT2D eigenvalue weighted by Gasteiger charge is 2.50. The summed E-state index contributed by atoms with van der Waals surface area (Å²) in [4.78, 5) is 0. The van der Waals surface area contributed by atoms with Crippen molar-refractivity contribution in [3.8, 4) is 0 Å². The lowest BCUT2D eigenvalue weighted by atomic mass is 9.61. The molecule has 3 nitrogen and oxygen atoms in total. The molecular formula is C29H44O3. The first-order valence-corrected chi connectivity index (χ1v) is 12.5. The van der Waals surface area contributed by atoms with Crippen LogP contribution in [0.3, 0.4) is 0 Å². The number of fused-ring (bicyclic) bond motifs is 1. The minimum atomic E-state index is -0.782. The largest absolute Gasteiger partial charge is 0.393 e. The fourth-order valence-corrected chi connectivity index (χ4v) is 6.65. The van der Waals surface area contributed by atoms with Crippen molar-refractivity contribution in [3.63, 3.8) is 0 Å². The van der Waals surface area contributed by atoms with Crippen molar-refractivity contribution in [2.75, 3.05) is 0 Å². The standard InChI is InChI=1S/C29H44O3/c1-19(18-28(4,5)32)9-10-20(2)25-13-14-26-22(8-7-15-29(25,26)6)11-12-23-16-24(30)17-27(31)21(23)3/h9-12,18,20,24-27,30-32H,3,7-8,13-17H2,1-2,4-6H3/b10-9+,19-18+,22-11+,23-12-/t20?,24-,25?,26?,27+,29-/m1/s1. The number of aliphatic hydroxyl groups excluding tert-OH is 2. The summed E-state index contributed by atoms with van der Waals surface area (Å²) in [5, 5.41) is 30.2. The molecule has 3 N–H and O–H groups in total. The Labute approximate surface area is 195 Å². The zero-order chi connectivity index (χ0) is 23.7. The van der Waals surface area contributed by atoms with E-state index in [9.17, 15) is 15.3 Å². The van der Waals surface area contributed by atoms with Gasteiger partial charge in [-0.15, -0.1) is 0 Å². The second-order valence-electron chi connectivity index (χ2n) is 11.4.